The Hall–Kier alpha value is -2.22. The lowest BCUT2D eigenvalue weighted by Crippen LogP contribution is -2.32. The van der Waals surface area contributed by atoms with Crippen molar-refractivity contribution in [2.24, 2.45) is 0 Å². The van der Waals surface area contributed by atoms with Crippen LogP contribution in [0.2, 0.25) is 0 Å². The number of hydrogen-bond acceptors (Lipinski definition) is 6. The zero-order chi connectivity index (χ0) is 15.0. The van der Waals surface area contributed by atoms with E-state index in [0.717, 1.165) is 23.6 Å². The first-order valence-corrected chi connectivity index (χ1v) is 7.13. The van der Waals surface area contributed by atoms with Gasteiger partial charge in [0.2, 0.25) is 11.8 Å². The normalized spacial score (nSPS) is 13.9. The summed E-state index contributed by atoms with van der Waals surface area (Å²) in [6.07, 6.45) is 2.03. The molecule has 0 unspecified atom stereocenters. The molecular formula is C13H12BrN5O2. The summed E-state index contributed by atoms with van der Waals surface area (Å²) >= 11 is 3.55. The Morgan fingerprint density at radius 1 is 1.43 bits per heavy atom. The molecule has 0 spiro atoms. The topological polar surface area (TPSA) is 98.2 Å². The van der Waals surface area contributed by atoms with Gasteiger partial charge in [0.05, 0.1) is 4.92 Å². The lowest BCUT2D eigenvalue weighted by molar-refractivity contribution is -0.384. The number of benzene rings is 1. The van der Waals surface area contributed by atoms with Crippen molar-refractivity contribution in [3.8, 4) is 0 Å². The number of nitrogen functional groups attached to an aromatic ring is 1. The van der Waals surface area contributed by atoms with Crippen LogP contribution in [0.25, 0.3) is 0 Å². The van der Waals surface area contributed by atoms with E-state index in [9.17, 15) is 10.1 Å². The fourth-order valence-electron chi connectivity index (χ4n) is 2.38. The number of fused-ring (bicyclic) bond motifs is 1. The van der Waals surface area contributed by atoms with Crippen molar-refractivity contribution < 1.29 is 4.92 Å². The van der Waals surface area contributed by atoms with Crippen LogP contribution in [0.15, 0.2) is 28.9 Å². The van der Waals surface area contributed by atoms with E-state index < -0.39 is 4.92 Å². The number of aromatic nitrogens is 2. The molecule has 1 aliphatic heterocycles. The second kappa shape index (κ2) is 5.28. The summed E-state index contributed by atoms with van der Waals surface area (Å²) in [5.41, 5.74) is 7.83. The van der Waals surface area contributed by atoms with Crippen LogP contribution in [-0.2, 0) is 13.0 Å². The number of halogens is 1. The SMILES string of the molecule is Nc1nc(N2CCc3cccc(Br)c3C2)ncc1[N+](=O)[O-]. The Morgan fingerprint density at radius 2 is 2.24 bits per heavy atom. The fraction of sp³-hybridized carbons (Fsp3) is 0.231. The molecule has 1 aromatic heterocycles. The first kappa shape index (κ1) is 13.7. The zero-order valence-corrected chi connectivity index (χ0v) is 12.6. The molecule has 3 rings (SSSR count). The first-order chi connectivity index (χ1) is 10.1. The van der Waals surface area contributed by atoms with Crippen LogP contribution in [0.4, 0.5) is 17.5 Å². The molecule has 0 atom stereocenters. The molecule has 0 saturated heterocycles. The predicted molar refractivity (Wildman–Crippen MR) is 82.0 cm³/mol. The summed E-state index contributed by atoms with van der Waals surface area (Å²) < 4.78 is 1.04. The fourth-order valence-corrected chi connectivity index (χ4v) is 2.92. The van der Waals surface area contributed by atoms with Crippen molar-refractivity contribution in [3.05, 3.63) is 50.1 Å². The molecule has 0 amide bonds. The molecule has 0 aliphatic carbocycles. The van der Waals surface area contributed by atoms with E-state index in [-0.39, 0.29) is 11.5 Å². The van der Waals surface area contributed by atoms with Crippen LogP contribution in [0, 0.1) is 10.1 Å². The third kappa shape index (κ3) is 2.54. The average Bonchev–Trinajstić information content (AvgIpc) is 2.47. The molecule has 0 saturated carbocycles. The van der Waals surface area contributed by atoms with Crippen molar-refractivity contribution >= 4 is 33.4 Å². The Morgan fingerprint density at radius 3 is 2.95 bits per heavy atom. The Balaban J connectivity index is 1.91. The van der Waals surface area contributed by atoms with Gasteiger partial charge in [-0.2, -0.15) is 4.98 Å². The molecule has 2 N–H and O–H groups in total. The first-order valence-electron chi connectivity index (χ1n) is 6.34. The van der Waals surface area contributed by atoms with Gasteiger partial charge in [-0.15, -0.1) is 0 Å². The van der Waals surface area contributed by atoms with Crippen molar-refractivity contribution in [2.75, 3.05) is 17.2 Å². The molecule has 2 heterocycles. The molecule has 1 aliphatic rings. The van der Waals surface area contributed by atoms with Gasteiger partial charge in [0.15, 0.2) is 0 Å². The molecule has 7 nitrogen and oxygen atoms in total. The highest BCUT2D eigenvalue weighted by Gasteiger charge is 2.22. The van der Waals surface area contributed by atoms with Crippen LogP contribution >= 0.6 is 15.9 Å². The molecular weight excluding hydrogens is 338 g/mol. The summed E-state index contributed by atoms with van der Waals surface area (Å²) in [5, 5.41) is 10.7. The molecule has 108 valence electrons. The number of nitrogens with zero attached hydrogens (tertiary/aromatic N) is 4. The number of anilines is 2. The average molecular weight is 350 g/mol. The highest BCUT2D eigenvalue weighted by molar-refractivity contribution is 9.10. The minimum Gasteiger partial charge on any atom is -0.378 e. The zero-order valence-electron chi connectivity index (χ0n) is 11.0. The van der Waals surface area contributed by atoms with Gasteiger partial charge in [0.1, 0.15) is 6.20 Å². The van der Waals surface area contributed by atoms with Crippen LogP contribution in [0.1, 0.15) is 11.1 Å². The second-order valence-corrected chi connectivity index (χ2v) is 5.60. The van der Waals surface area contributed by atoms with E-state index in [1.54, 1.807) is 0 Å². The van der Waals surface area contributed by atoms with E-state index in [0.29, 0.717) is 12.5 Å². The Kier molecular flexibility index (Phi) is 3.46. The summed E-state index contributed by atoms with van der Waals surface area (Å²) in [6, 6.07) is 6.11. The van der Waals surface area contributed by atoms with Gasteiger partial charge in [-0.05, 0) is 23.6 Å². The maximum Gasteiger partial charge on any atom is 0.329 e. The van der Waals surface area contributed by atoms with E-state index in [1.165, 1.54) is 11.1 Å². The number of nitrogens with two attached hydrogens (primary N) is 1. The lowest BCUT2D eigenvalue weighted by atomic mass is 10.0. The Labute approximate surface area is 129 Å². The van der Waals surface area contributed by atoms with E-state index >= 15 is 0 Å². The van der Waals surface area contributed by atoms with Crippen molar-refractivity contribution in [3.63, 3.8) is 0 Å². The molecule has 2 aromatic rings. The third-order valence-corrected chi connectivity index (χ3v) is 4.22. The molecule has 0 bridgehead atoms. The standard InChI is InChI=1S/C13H12BrN5O2/c14-10-3-1-2-8-4-5-18(7-9(8)10)13-16-6-11(19(20)21)12(15)17-13/h1-3,6H,4-5,7H2,(H2,15,16,17). The molecule has 0 radical (unpaired) electrons. The highest BCUT2D eigenvalue weighted by Crippen LogP contribution is 2.29. The van der Waals surface area contributed by atoms with Gasteiger partial charge in [-0.3, -0.25) is 10.1 Å². The number of nitro groups is 1. The van der Waals surface area contributed by atoms with Crippen molar-refractivity contribution in [1.82, 2.24) is 9.97 Å². The smallest absolute Gasteiger partial charge is 0.329 e. The minimum absolute atomic E-state index is 0.108. The third-order valence-electron chi connectivity index (χ3n) is 3.48. The molecule has 1 aromatic carbocycles. The number of hydrogen-bond donors (Lipinski definition) is 1. The highest BCUT2D eigenvalue weighted by atomic mass is 79.9. The molecule has 8 heteroatoms. The maximum atomic E-state index is 10.7. The predicted octanol–water partition coefficient (Wildman–Crippen LogP) is 2.29. The van der Waals surface area contributed by atoms with E-state index in [2.05, 4.69) is 32.0 Å². The van der Waals surface area contributed by atoms with Crippen molar-refractivity contribution in [2.45, 2.75) is 13.0 Å². The second-order valence-electron chi connectivity index (χ2n) is 4.75. The van der Waals surface area contributed by atoms with Crippen molar-refractivity contribution in [1.29, 1.82) is 0 Å². The molecule has 21 heavy (non-hydrogen) atoms. The van der Waals surface area contributed by atoms with Crippen LogP contribution in [-0.4, -0.2) is 21.4 Å². The van der Waals surface area contributed by atoms with Gasteiger partial charge < -0.3 is 10.6 Å². The maximum absolute atomic E-state index is 10.7. The van der Waals surface area contributed by atoms with E-state index in [4.69, 9.17) is 5.73 Å². The van der Waals surface area contributed by atoms with Crippen LogP contribution in [0.5, 0.6) is 0 Å². The summed E-state index contributed by atoms with van der Waals surface area (Å²) in [5.74, 6) is 0.308. The summed E-state index contributed by atoms with van der Waals surface area (Å²) in [7, 11) is 0. The van der Waals surface area contributed by atoms with Crippen LogP contribution in [0.3, 0.4) is 0 Å². The Bertz CT molecular complexity index is 722. The largest absolute Gasteiger partial charge is 0.378 e. The molecule has 0 fully saturated rings. The summed E-state index contributed by atoms with van der Waals surface area (Å²) in [4.78, 5) is 20.2. The quantitative estimate of drug-likeness (QED) is 0.659. The van der Waals surface area contributed by atoms with Crippen LogP contribution < -0.4 is 10.6 Å². The summed E-state index contributed by atoms with van der Waals surface area (Å²) in [6.45, 7) is 1.40. The van der Waals surface area contributed by atoms with Gasteiger partial charge in [0.25, 0.3) is 0 Å². The number of rotatable bonds is 2. The van der Waals surface area contributed by atoms with Gasteiger partial charge in [0, 0.05) is 17.6 Å². The minimum atomic E-state index is -0.582. The van der Waals surface area contributed by atoms with Gasteiger partial charge >= 0.3 is 5.69 Å². The lowest BCUT2D eigenvalue weighted by Gasteiger charge is -2.29. The van der Waals surface area contributed by atoms with Gasteiger partial charge in [-0.25, -0.2) is 4.98 Å². The monoisotopic (exact) mass is 349 g/mol. The van der Waals surface area contributed by atoms with Gasteiger partial charge in [-0.1, -0.05) is 28.1 Å². The van der Waals surface area contributed by atoms with E-state index in [1.807, 2.05) is 17.0 Å².